The van der Waals surface area contributed by atoms with E-state index in [0.29, 0.717) is 31.8 Å². The zero-order valence-electron chi connectivity index (χ0n) is 21.5. The lowest BCUT2D eigenvalue weighted by atomic mass is 9.76. The van der Waals surface area contributed by atoms with Crippen LogP contribution in [-0.4, -0.2) is 50.2 Å². The number of amides is 1. The second kappa shape index (κ2) is 11.2. The standard InChI is InChI=1S/C30H28F6N2O2/c31-29(32,33)23-15-22(16-24(18-23)30(34,35)36)28(39)38-10-9-26(27(19-38)20-5-2-1-3-6-20)21-7-4-8-25(17-21)37-11-13-40-14-12-37/h1-8,15-18,26-27H,9-14,19H2/t26-,27+/m1/s1. The van der Waals surface area contributed by atoms with Crippen LogP contribution in [0.1, 0.15) is 50.9 Å². The summed E-state index contributed by atoms with van der Waals surface area (Å²) < 4.78 is 86.0. The number of anilines is 1. The topological polar surface area (TPSA) is 32.8 Å². The van der Waals surface area contributed by atoms with Gasteiger partial charge in [-0.05, 0) is 53.8 Å². The Labute approximate surface area is 228 Å². The summed E-state index contributed by atoms with van der Waals surface area (Å²) in [7, 11) is 0. The fourth-order valence-electron chi connectivity index (χ4n) is 5.61. The van der Waals surface area contributed by atoms with E-state index in [1.165, 1.54) is 4.90 Å². The second-order valence-electron chi connectivity index (χ2n) is 10.2. The van der Waals surface area contributed by atoms with E-state index in [-0.39, 0.29) is 31.0 Å². The van der Waals surface area contributed by atoms with E-state index in [9.17, 15) is 31.1 Å². The number of halogens is 6. The van der Waals surface area contributed by atoms with Gasteiger partial charge in [-0.2, -0.15) is 26.3 Å². The summed E-state index contributed by atoms with van der Waals surface area (Å²) in [4.78, 5) is 17.0. The van der Waals surface area contributed by atoms with Gasteiger partial charge in [0.25, 0.3) is 5.91 Å². The van der Waals surface area contributed by atoms with Crippen LogP contribution in [0.25, 0.3) is 0 Å². The van der Waals surface area contributed by atoms with Crippen molar-refractivity contribution in [1.82, 2.24) is 4.90 Å². The summed E-state index contributed by atoms with van der Waals surface area (Å²) in [6.45, 7) is 3.19. The van der Waals surface area contributed by atoms with Gasteiger partial charge in [-0.15, -0.1) is 0 Å². The summed E-state index contributed by atoms with van der Waals surface area (Å²) in [6.07, 6.45) is -9.55. The molecule has 0 N–H and O–H groups in total. The predicted molar refractivity (Wildman–Crippen MR) is 138 cm³/mol. The van der Waals surface area contributed by atoms with Crippen molar-refractivity contribution in [2.75, 3.05) is 44.3 Å². The average Bonchev–Trinajstić information content (AvgIpc) is 2.96. The molecule has 2 atom stereocenters. The lowest BCUT2D eigenvalue weighted by Crippen LogP contribution is -2.42. The van der Waals surface area contributed by atoms with Gasteiger partial charge in [-0.3, -0.25) is 4.79 Å². The number of carbonyl (C=O) groups is 1. The largest absolute Gasteiger partial charge is 0.416 e. The van der Waals surface area contributed by atoms with Crippen LogP contribution in [0, 0.1) is 0 Å². The number of piperidine rings is 1. The Balaban J connectivity index is 1.46. The predicted octanol–water partition coefficient (Wildman–Crippen LogP) is 6.97. The molecule has 4 nitrogen and oxygen atoms in total. The minimum Gasteiger partial charge on any atom is -0.378 e. The quantitative estimate of drug-likeness (QED) is 0.322. The maximum atomic E-state index is 13.4. The minimum absolute atomic E-state index is 0.000291. The molecule has 3 aromatic carbocycles. The number of nitrogens with zero attached hydrogens (tertiary/aromatic N) is 2. The highest BCUT2D eigenvalue weighted by Gasteiger charge is 2.39. The van der Waals surface area contributed by atoms with Crippen LogP contribution in [0.4, 0.5) is 32.0 Å². The lowest BCUT2D eigenvalue weighted by Gasteiger charge is -2.40. The first kappa shape index (κ1) is 28.0. The highest BCUT2D eigenvalue weighted by Crippen LogP contribution is 2.42. The summed E-state index contributed by atoms with van der Waals surface area (Å²) in [5.41, 5.74) is -0.540. The molecule has 2 aliphatic heterocycles. The summed E-state index contributed by atoms with van der Waals surface area (Å²) in [5.74, 6) is -1.05. The number of benzene rings is 3. The van der Waals surface area contributed by atoms with Crippen LogP contribution < -0.4 is 4.90 Å². The number of alkyl halides is 6. The van der Waals surface area contributed by atoms with E-state index >= 15 is 0 Å². The first-order valence-electron chi connectivity index (χ1n) is 13.1. The van der Waals surface area contributed by atoms with Gasteiger partial charge in [0.15, 0.2) is 0 Å². The van der Waals surface area contributed by atoms with E-state index in [1.807, 2.05) is 48.5 Å². The van der Waals surface area contributed by atoms with E-state index in [1.54, 1.807) is 0 Å². The molecule has 0 radical (unpaired) electrons. The SMILES string of the molecule is O=C(c1cc(C(F)(F)F)cc(C(F)(F)F)c1)N1CC[C@H](c2cccc(N3CCOCC3)c2)[C@H](c2ccccc2)C1. The van der Waals surface area contributed by atoms with E-state index in [4.69, 9.17) is 4.74 Å². The normalized spacial score (nSPS) is 20.4. The Morgan fingerprint density at radius 2 is 1.35 bits per heavy atom. The maximum Gasteiger partial charge on any atom is 0.416 e. The van der Waals surface area contributed by atoms with Crippen LogP contribution in [0.2, 0.25) is 0 Å². The number of likely N-dealkylation sites (tertiary alicyclic amines) is 1. The maximum absolute atomic E-state index is 13.4. The van der Waals surface area contributed by atoms with Crippen molar-refractivity contribution < 1.29 is 35.9 Å². The molecule has 2 fully saturated rings. The van der Waals surface area contributed by atoms with Gasteiger partial charge in [-0.25, -0.2) is 0 Å². The van der Waals surface area contributed by atoms with Crippen molar-refractivity contribution in [1.29, 1.82) is 0 Å². The number of ether oxygens (including phenoxy) is 1. The average molecular weight is 563 g/mol. The number of rotatable bonds is 4. The van der Waals surface area contributed by atoms with E-state index in [0.717, 1.165) is 29.9 Å². The lowest BCUT2D eigenvalue weighted by molar-refractivity contribution is -0.143. The van der Waals surface area contributed by atoms with Crippen molar-refractivity contribution in [3.8, 4) is 0 Å². The summed E-state index contributed by atoms with van der Waals surface area (Å²) >= 11 is 0. The molecule has 3 aromatic rings. The Hall–Kier alpha value is -3.53. The van der Waals surface area contributed by atoms with Crippen LogP contribution >= 0.6 is 0 Å². The van der Waals surface area contributed by atoms with Gasteiger partial charge in [0.05, 0.1) is 24.3 Å². The van der Waals surface area contributed by atoms with Gasteiger partial charge in [-0.1, -0.05) is 42.5 Å². The number of hydrogen-bond donors (Lipinski definition) is 0. The van der Waals surface area contributed by atoms with Crippen LogP contribution in [0.15, 0.2) is 72.8 Å². The van der Waals surface area contributed by atoms with Crippen LogP contribution in [0.3, 0.4) is 0 Å². The third kappa shape index (κ3) is 6.11. The molecule has 0 spiro atoms. The fourth-order valence-corrected chi connectivity index (χ4v) is 5.61. The molecule has 0 unspecified atom stereocenters. The van der Waals surface area contributed by atoms with Gasteiger partial charge in [0.1, 0.15) is 0 Å². The molecule has 0 saturated carbocycles. The molecule has 2 saturated heterocycles. The van der Waals surface area contributed by atoms with Crippen molar-refractivity contribution in [2.45, 2.75) is 30.6 Å². The molecule has 0 aliphatic carbocycles. The molecule has 2 aliphatic rings. The number of hydrogen-bond acceptors (Lipinski definition) is 3. The third-order valence-electron chi connectivity index (χ3n) is 7.64. The molecule has 10 heteroatoms. The van der Waals surface area contributed by atoms with Gasteiger partial charge < -0.3 is 14.5 Å². The Bertz CT molecular complexity index is 1300. The van der Waals surface area contributed by atoms with Crippen LogP contribution in [0.5, 0.6) is 0 Å². The monoisotopic (exact) mass is 562 g/mol. The number of morpholine rings is 1. The van der Waals surface area contributed by atoms with E-state index in [2.05, 4.69) is 11.0 Å². The minimum atomic E-state index is -5.03. The van der Waals surface area contributed by atoms with Crippen molar-refractivity contribution >= 4 is 11.6 Å². The van der Waals surface area contributed by atoms with Crippen molar-refractivity contribution in [2.24, 2.45) is 0 Å². The first-order valence-corrected chi connectivity index (χ1v) is 13.1. The van der Waals surface area contributed by atoms with E-state index < -0.39 is 35.0 Å². The molecular formula is C30H28F6N2O2. The molecule has 0 bridgehead atoms. The number of carbonyl (C=O) groups excluding carboxylic acids is 1. The molecule has 2 heterocycles. The van der Waals surface area contributed by atoms with Crippen LogP contribution in [-0.2, 0) is 17.1 Å². The first-order chi connectivity index (χ1) is 19.0. The molecular weight excluding hydrogens is 534 g/mol. The Morgan fingerprint density at radius 1 is 0.725 bits per heavy atom. The Kier molecular flexibility index (Phi) is 7.81. The molecule has 5 rings (SSSR count). The summed E-state index contributed by atoms with van der Waals surface area (Å²) in [6, 6.07) is 18.7. The Morgan fingerprint density at radius 3 is 1.98 bits per heavy atom. The van der Waals surface area contributed by atoms with Crippen molar-refractivity contribution in [3.05, 3.63) is 101 Å². The molecule has 212 valence electrons. The highest BCUT2D eigenvalue weighted by atomic mass is 19.4. The van der Waals surface area contributed by atoms with Gasteiger partial charge in [0, 0.05) is 43.3 Å². The van der Waals surface area contributed by atoms with Gasteiger partial charge in [0.2, 0.25) is 0 Å². The van der Waals surface area contributed by atoms with Crippen molar-refractivity contribution in [3.63, 3.8) is 0 Å². The molecule has 1 amide bonds. The zero-order chi connectivity index (χ0) is 28.5. The fraction of sp³-hybridized carbons (Fsp3) is 0.367. The molecule has 40 heavy (non-hydrogen) atoms. The highest BCUT2D eigenvalue weighted by molar-refractivity contribution is 5.95. The summed E-state index contributed by atoms with van der Waals surface area (Å²) in [5, 5.41) is 0. The van der Waals surface area contributed by atoms with Gasteiger partial charge >= 0.3 is 12.4 Å². The smallest absolute Gasteiger partial charge is 0.378 e. The second-order valence-corrected chi connectivity index (χ2v) is 10.2. The molecule has 0 aromatic heterocycles. The third-order valence-corrected chi connectivity index (χ3v) is 7.64. The zero-order valence-corrected chi connectivity index (χ0v) is 21.5.